The Morgan fingerprint density at radius 3 is 2.55 bits per heavy atom. The summed E-state index contributed by atoms with van der Waals surface area (Å²) in [4.78, 5) is 27.2. The molecule has 0 radical (unpaired) electrons. The standard InChI is InChI=1S/C28H34N4O/c1-5-18-15-21-22(16-23(18)32-13-11-31(12-14-32)19-7-6-8-19)28(3,4)26-24(25(21)33)20-10-9-17(2)29-27(20)30-26/h9-10,15-16,19H,5-8,11-14H2,1-4H3,(H,29,30). The predicted molar refractivity (Wildman–Crippen MR) is 134 cm³/mol. The van der Waals surface area contributed by atoms with E-state index in [9.17, 15) is 4.79 Å². The summed E-state index contributed by atoms with van der Waals surface area (Å²) in [6.07, 6.45) is 5.07. The molecule has 3 heterocycles. The first-order valence-corrected chi connectivity index (χ1v) is 12.6. The first-order valence-electron chi connectivity index (χ1n) is 12.6. The Bertz CT molecular complexity index is 1260. The lowest BCUT2D eigenvalue weighted by atomic mass is 9.70. The Labute approximate surface area is 196 Å². The molecule has 1 saturated carbocycles. The van der Waals surface area contributed by atoms with E-state index in [0.29, 0.717) is 0 Å². The highest BCUT2D eigenvalue weighted by Crippen LogP contribution is 2.45. The second kappa shape index (κ2) is 7.42. The summed E-state index contributed by atoms with van der Waals surface area (Å²) in [6, 6.07) is 9.38. The van der Waals surface area contributed by atoms with E-state index in [2.05, 4.69) is 52.7 Å². The van der Waals surface area contributed by atoms with Crippen LogP contribution in [0, 0.1) is 6.92 Å². The van der Waals surface area contributed by atoms with E-state index < -0.39 is 0 Å². The van der Waals surface area contributed by atoms with E-state index in [4.69, 9.17) is 0 Å². The van der Waals surface area contributed by atoms with Crippen LogP contribution in [0.1, 0.15) is 78.5 Å². The van der Waals surface area contributed by atoms with Crippen molar-refractivity contribution < 1.29 is 4.79 Å². The van der Waals surface area contributed by atoms with Gasteiger partial charge in [-0.2, -0.15) is 0 Å². The number of benzene rings is 1. The number of carbonyl (C=O) groups is 1. The SMILES string of the molecule is CCc1cc2c(cc1N1CCN(C3CCC3)CC1)C(C)(C)c1[nH]c3nc(C)ccc3c1C2=O. The fourth-order valence-corrected chi connectivity index (χ4v) is 6.14. The molecule has 0 spiro atoms. The average Bonchev–Trinajstić information content (AvgIpc) is 3.16. The van der Waals surface area contributed by atoms with Crippen LogP contribution in [-0.2, 0) is 11.8 Å². The zero-order chi connectivity index (χ0) is 22.9. The van der Waals surface area contributed by atoms with E-state index in [1.807, 2.05) is 19.1 Å². The van der Waals surface area contributed by atoms with Crippen LogP contribution >= 0.6 is 0 Å². The molecule has 2 aliphatic carbocycles. The van der Waals surface area contributed by atoms with Crippen LogP contribution in [0.2, 0.25) is 0 Å². The van der Waals surface area contributed by atoms with Crippen molar-refractivity contribution in [2.24, 2.45) is 0 Å². The minimum absolute atomic E-state index is 0.132. The molecule has 1 saturated heterocycles. The maximum Gasteiger partial charge on any atom is 0.195 e. The number of anilines is 1. The summed E-state index contributed by atoms with van der Waals surface area (Å²) in [6.45, 7) is 13.1. The Hall–Kier alpha value is -2.66. The monoisotopic (exact) mass is 442 g/mol. The minimum atomic E-state index is -0.290. The lowest BCUT2D eigenvalue weighted by Crippen LogP contribution is -2.52. The van der Waals surface area contributed by atoms with E-state index in [1.54, 1.807) is 0 Å². The maximum atomic E-state index is 13.8. The van der Waals surface area contributed by atoms with Gasteiger partial charge in [0.2, 0.25) is 0 Å². The number of hydrogen-bond donors (Lipinski definition) is 1. The number of pyridine rings is 1. The fourth-order valence-electron chi connectivity index (χ4n) is 6.14. The van der Waals surface area contributed by atoms with E-state index >= 15 is 0 Å². The number of aryl methyl sites for hydroxylation is 2. The largest absolute Gasteiger partial charge is 0.369 e. The molecule has 0 atom stereocenters. The molecule has 3 aliphatic rings. The van der Waals surface area contributed by atoms with Crippen LogP contribution < -0.4 is 4.90 Å². The van der Waals surface area contributed by atoms with Crippen LogP contribution in [0.5, 0.6) is 0 Å². The van der Waals surface area contributed by atoms with Gasteiger partial charge in [0.25, 0.3) is 0 Å². The number of piperazine rings is 1. The van der Waals surface area contributed by atoms with Gasteiger partial charge in [-0.1, -0.05) is 27.2 Å². The summed E-state index contributed by atoms with van der Waals surface area (Å²) >= 11 is 0. The van der Waals surface area contributed by atoms with E-state index in [1.165, 1.54) is 30.5 Å². The van der Waals surface area contributed by atoms with Crippen molar-refractivity contribution in [3.05, 3.63) is 57.9 Å². The zero-order valence-electron chi connectivity index (χ0n) is 20.3. The Morgan fingerprint density at radius 1 is 1.12 bits per heavy atom. The molecule has 5 nitrogen and oxygen atoms in total. The third kappa shape index (κ3) is 3.08. The highest BCUT2D eigenvalue weighted by Gasteiger charge is 2.41. The number of ketones is 1. The van der Waals surface area contributed by atoms with Gasteiger partial charge in [0.1, 0.15) is 5.65 Å². The number of aromatic nitrogens is 2. The highest BCUT2D eigenvalue weighted by atomic mass is 16.1. The fraction of sp³-hybridized carbons (Fsp3) is 0.500. The lowest BCUT2D eigenvalue weighted by Gasteiger charge is -2.44. The molecular weight excluding hydrogens is 408 g/mol. The molecule has 0 amide bonds. The quantitative estimate of drug-likeness (QED) is 0.622. The molecule has 2 fully saturated rings. The number of carbonyl (C=O) groups excluding carboxylic acids is 1. The van der Waals surface area contributed by atoms with Gasteiger partial charge in [-0.25, -0.2) is 4.98 Å². The number of H-pyrrole nitrogens is 1. The van der Waals surface area contributed by atoms with E-state index in [0.717, 1.165) is 77.8 Å². The second-order valence-electron chi connectivity index (χ2n) is 10.7. The number of nitrogens with zero attached hydrogens (tertiary/aromatic N) is 3. The van der Waals surface area contributed by atoms with Gasteiger partial charge < -0.3 is 9.88 Å². The van der Waals surface area contributed by atoms with Crippen molar-refractivity contribution >= 4 is 22.5 Å². The number of fused-ring (bicyclic) bond motifs is 4. The van der Waals surface area contributed by atoms with Crippen molar-refractivity contribution in [1.82, 2.24) is 14.9 Å². The number of aromatic amines is 1. The number of nitrogens with one attached hydrogen (secondary N) is 1. The topological polar surface area (TPSA) is 52.2 Å². The summed E-state index contributed by atoms with van der Waals surface area (Å²) < 4.78 is 0. The molecule has 6 rings (SSSR count). The van der Waals surface area contributed by atoms with Gasteiger partial charge in [0.15, 0.2) is 5.78 Å². The highest BCUT2D eigenvalue weighted by molar-refractivity contribution is 6.20. The van der Waals surface area contributed by atoms with Gasteiger partial charge in [0, 0.05) is 65.7 Å². The molecule has 0 unspecified atom stereocenters. The predicted octanol–water partition coefficient (Wildman–Crippen LogP) is 4.98. The molecule has 2 aromatic heterocycles. The summed E-state index contributed by atoms with van der Waals surface area (Å²) in [5.41, 5.74) is 7.89. The van der Waals surface area contributed by atoms with Crippen molar-refractivity contribution in [3.63, 3.8) is 0 Å². The summed E-state index contributed by atoms with van der Waals surface area (Å²) in [5, 5.41) is 0.938. The average molecular weight is 443 g/mol. The van der Waals surface area contributed by atoms with Gasteiger partial charge in [-0.15, -0.1) is 0 Å². The second-order valence-corrected chi connectivity index (χ2v) is 10.7. The minimum Gasteiger partial charge on any atom is -0.369 e. The third-order valence-corrected chi connectivity index (χ3v) is 8.41. The van der Waals surface area contributed by atoms with Crippen LogP contribution in [0.4, 0.5) is 5.69 Å². The van der Waals surface area contributed by atoms with Gasteiger partial charge >= 0.3 is 0 Å². The summed E-state index contributed by atoms with van der Waals surface area (Å²) in [5.74, 6) is 0.132. The molecule has 33 heavy (non-hydrogen) atoms. The Morgan fingerprint density at radius 2 is 1.88 bits per heavy atom. The number of hydrogen-bond acceptors (Lipinski definition) is 4. The molecule has 1 N–H and O–H groups in total. The molecule has 1 aromatic carbocycles. The van der Waals surface area contributed by atoms with Gasteiger partial charge in [-0.05, 0) is 61.6 Å². The van der Waals surface area contributed by atoms with Crippen LogP contribution in [0.25, 0.3) is 11.0 Å². The van der Waals surface area contributed by atoms with Crippen molar-refractivity contribution in [1.29, 1.82) is 0 Å². The Balaban J connectivity index is 1.42. The first kappa shape index (κ1) is 20.9. The first-order chi connectivity index (χ1) is 15.9. The van der Waals surface area contributed by atoms with Crippen molar-refractivity contribution in [2.45, 2.75) is 64.8 Å². The Kier molecular flexibility index (Phi) is 4.70. The lowest BCUT2D eigenvalue weighted by molar-refractivity contribution is 0.103. The van der Waals surface area contributed by atoms with Gasteiger partial charge in [0.05, 0.1) is 5.56 Å². The number of rotatable bonds is 3. The molecule has 172 valence electrons. The van der Waals surface area contributed by atoms with Crippen molar-refractivity contribution in [2.75, 3.05) is 31.1 Å². The van der Waals surface area contributed by atoms with Gasteiger partial charge in [-0.3, -0.25) is 9.69 Å². The van der Waals surface area contributed by atoms with E-state index in [-0.39, 0.29) is 11.2 Å². The molecular formula is C28H34N4O. The zero-order valence-corrected chi connectivity index (χ0v) is 20.3. The normalized spacial score (nSPS) is 20.6. The molecule has 1 aliphatic heterocycles. The van der Waals surface area contributed by atoms with Crippen LogP contribution in [0.3, 0.4) is 0 Å². The molecule has 3 aromatic rings. The summed E-state index contributed by atoms with van der Waals surface area (Å²) in [7, 11) is 0. The molecule has 5 heteroatoms. The van der Waals surface area contributed by atoms with Crippen molar-refractivity contribution in [3.8, 4) is 0 Å². The maximum absolute atomic E-state index is 13.8. The smallest absolute Gasteiger partial charge is 0.195 e. The van der Waals surface area contributed by atoms with Crippen LogP contribution in [-0.4, -0.2) is 52.9 Å². The third-order valence-electron chi connectivity index (χ3n) is 8.41. The molecule has 0 bridgehead atoms. The van der Waals surface area contributed by atoms with Crippen LogP contribution in [0.15, 0.2) is 24.3 Å².